The number of aromatic nitrogens is 6. The Morgan fingerprint density at radius 1 is 0.970 bits per heavy atom. The molecular weight excluding hydrogens is 436 g/mol. The van der Waals surface area contributed by atoms with Gasteiger partial charge in [0.15, 0.2) is 11.0 Å². The molecule has 0 saturated heterocycles. The van der Waals surface area contributed by atoms with Crippen LogP contribution in [0.15, 0.2) is 63.0 Å². The van der Waals surface area contributed by atoms with Crippen molar-refractivity contribution in [2.75, 3.05) is 0 Å². The minimum Gasteiger partial charge on any atom is -0.338 e. The molecule has 0 aliphatic heterocycles. The normalized spacial score (nSPS) is 11.9. The molecule has 0 saturated carbocycles. The van der Waals surface area contributed by atoms with Gasteiger partial charge in [-0.05, 0) is 29.7 Å². The van der Waals surface area contributed by atoms with E-state index in [0.717, 1.165) is 16.8 Å². The Morgan fingerprint density at radius 3 is 2.48 bits per heavy atom. The van der Waals surface area contributed by atoms with Crippen LogP contribution < -0.4 is 5.56 Å². The number of benzene rings is 2. The minimum absolute atomic E-state index is 0.117. The van der Waals surface area contributed by atoms with E-state index < -0.39 is 0 Å². The van der Waals surface area contributed by atoms with Gasteiger partial charge in [0.1, 0.15) is 0 Å². The molecule has 0 spiro atoms. The second kappa shape index (κ2) is 8.47. The largest absolute Gasteiger partial charge is 0.338 e. The summed E-state index contributed by atoms with van der Waals surface area (Å²) in [6.45, 7) is 8.27. The molecule has 5 rings (SSSR count). The summed E-state index contributed by atoms with van der Waals surface area (Å²) < 4.78 is 8.98. The summed E-state index contributed by atoms with van der Waals surface area (Å²) in [4.78, 5) is 18.1. The van der Waals surface area contributed by atoms with Gasteiger partial charge >= 0.3 is 0 Å². The maximum atomic E-state index is 13.6. The smallest absolute Gasteiger partial charge is 0.267 e. The zero-order chi connectivity index (χ0) is 23.1. The lowest BCUT2D eigenvalue weighted by molar-refractivity contribution is 0.383. The van der Waals surface area contributed by atoms with E-state index in [4.69, 9.17) is 4.52 Å². The Bertz CT molecular complexity index is 1510. The third-order valence-electron chi connectivity index (χ3n) is 5.52. The molecule has 9 heteroatoms. The van der Waals surface area contributed by atoms with Crippen molar-refractivity contribution >= 4 is 28.4 Å². The van der Waals surface area contributed by atoms with Crippen LogP contribution in [0.4, 0.5) is 0 Å². The standard InChI is InChI=1S/C24H24N6O2S/c1-14(2)16-9-5-7-11-18(16)29-22(31)17-10-6-8-12-19(17)30-23(29)26-27-24(30)33-13-20-25-21(15(3)4)28-32-20/h5-12,14-15H,13H2,1-4H3. The summed E-state index contributed by atoms with van der Waals surface area (Å²) in [5.74, 6) is 2.58. The molecule has 2 aromatic carbocycles. The zero-order valence-corrected chi connectivity index (χ0v) is 19.7. The number of hydrogen-bond donors (Lipinski definition) is 0. The third-order valence-corrected chi connectivity index (χ3v) is 6.43. The fourth-order valence-corrected chi connectivity index (χ4v) is 4.63. The van der Waals surface area contributed by atoms with Crippen LogP contribution in [0.2, 0.25) is 0 Å². The van der Waals surface area contributed by atoms with Crippen LogP contribution in [0.5, 0.6) is 0 Å². The van der Waals surface area contributed by atoms with Crippen LogP contribution in [0.25, 0.3) is 22.4 Å². The van der Waals surface area contributed by atoms with Gasteiger partial charge in [0.25, 0.3) is 5.56 Å². The fourth-order valence-electron chi connectivity index (χ4n) is 3.86. The highest BCUT2D eigenvalue weighted by molar-refractivity contribution is 7.98. The number of para-hydroxylation sites is 2. The van der Waals surface area contributed by atoms with Gasteiger partial charge < -0.3 is 4.52 Å². The second-order valence-electron chi connectivity index (χ2n) is 8.48. The van der Waals surface area contributed by atoms with E-state index in [1.807, 2.05) is 66.8 Å². The molecule has 5 aromatic rings. The van der Waals surface area contributed by atoms with E-state index in [1.54, 1.807) is 4.57 Å². The molecule has 0 atom stereocenters. The zero-order valence-electron chi connectivity index (χ0n) is 18.9. The van der Waals surface area contributed by atoms with Gasteiger partial charge in [-0.2, -0.15) is 4.98 Å². The van der Waals surface area contributed by atoms with Gasteiger partial charge in [0, 0.05) is 5.92 Å². The first kappa shape index (κ1) is 21.4. The number of nitrogens with zero attached hydrogens (tertiary/aromatic N) is 6. The first-order valence-electron chi connectivity index (χ1n) is 10.9. The van der Waals surface area contributed by atoms with E-state index in [1.165, 1.54) is 11.8 Å². The van der Waals surface area contributed by atoms with Crippen LogP contribution in [0.3, 0.4) is 0 Å². The first-order chi connectivity index (χ1) is 16.0. The minimum atomic E-state index is -0.117. The van der Waals surface area contributed by atoms with E-state index in [9.17, 15) is 4.79 Å². The van der Waals surface area contributed by atoms with Crippen molar-refractivity contribution in [3.05, 3.63) is 76.2 Å². The SMILES string of the molecule is CC(C)c1noc(CSc2nnc3n(-c4ccccc4C(C)C)c(=O)c4ccccc4n23)n1. The van der Waals surface area contributed by atoms with Gasteiger partial charge in [0.05, 0.1) is 22.3 Å². The predicted octanol–water partition coefficient (Wildman–Crippen LogP) is 4.96. The summed E-state index contributed by atoms with van der Waals surface area (Å²) in [5.41, 5.74) is 2.53. The summed E-state index contributed by atoms with van der Waals surface area (Å²) in [5, 5.41) is 14.2. The Hall–Kier alpha value is -3.46. The summed E-state index contributed by atoms with van der Waals surface area (Å²) in [7, 11) is 0. The molecule has 8 nitrogen and oxygen atoms in total. The average Bonchev–Trinajstić information content (AvgIpc) is 3.46. The van der Waals surface area contributed by atoms with Crippen molar-refractivity contribution in [2.24, 2.45) is 0 Å². The van der Waals surface area contributed by atoms with E-state index >= 15 is 0 Å². The van der Waals surface area contributed by atoms with Crippen LogP contribution in [0.1, 0.15) is 56.8 Å². The molecule has 0 amide bonds. The molecule has 0 unspecified atom stereocenters. The van der Waals surface area contributed by atoms with Gasteiger partial charge in [-0.1, -0.05) is 74.9 Å². The second-order valence-corrected chi connectivity index (χ2v) is 9.42. The highest BCUT2D eigenvalue weighted by Gasteiger charge is 2.20. The predicted molar refractivity (Wildman–Crippen MR) is 128 cm³/mol. The molecule has 0 aliphatic rings. The molecule has 3 aromatic heterocycles. The van der Waals surface area contributed by atoms with Crippen molar-refractivity contribution in [3.63, 3.8) is 0 Å². The maximum Gasteiger partial charge on any atom is 0.267 e. The lowest BCUT2D eigenvalue weighted by atomic mass is 10.0. The maximum absolute atomic E-state index is 13.6. The molecular formula is C24H24N6O2S. The molecule has 33 heavy (non-hydrogen) atoms. The van der Waals surface area contributed by atoms with Crippen molar-refractivity contribution in [1.82, 2.24) is 29.3 Å². The van der Waals surface area contributed by atoms with E-state index in [2.05, 4.69) is 34.2 Å². The molecule has 0 bridgehead atoms. The Balaban J connectivity index is 1.69. The Labute approximate surface area is 194 Å². The van der Waals surface area contributed by atoms with Crippen molar-refractivity contribution in [2.45, 2.75) is 50.4 Å². The molecule has 168 valence electrons. The van der Waals surface area contributed by atoms with Crippen molar-refractivity contribution in [1.29, 1.82) is 0 Å². The number of fused-ring (bicyclic) bond motifs is 3. The fraction of sp³-hybridized carbons (Fsp3) is 0.292. The highest BCUT2D eigenvalue weighted by atomic mass is 32.2. The lowest BCUT2D eigenvalue weighted by Gasteiger charge is -2.16. The monoisotopic (exact) mass is 460 g/mol. The summed E-state index contributed by atoms with van der Waals surface area (Å²) >= 11 is 1.45. The van der Waals surface area contributed by atoms with Crippen LogP contribution in [-0.4, -0.2) is 29.3 Å². The Kier molecular flexibility index (Phi) is 5.49. The van der Waals surface area contributed by atoms with Crippen molar-refractivity contribution < 1.29 is 4.52 Å². The van der Waals surface area contributed by atoms with Crippen LogP contribution in [-0.2, 0) is 5.75 Å². The molecule has 0 N–H and O–H groups in total. The van der Waals surface area contributed by atoms with Gasteiger partial charge in [0.2, 0.25) is 11.7 Å². The Morgan fingerprint density at radius 2 is 1.73 bits per heavy atom. The van der Waals surface area contributed by atoms with Crippen LogP contribution >= 0.6 is 11.8 Å². The third kappa shape index (κ3) is 3.72. The van der Waals surface area contributed by atoms with Gasteiger partial charge in [-0.25, -0.2) is 4.57 Å². The highest BCUT2D eigenvalue weighted by Crippen LogP contribution is 2.28. The van der Waals surface area contributed by atoms with Gasteiger partial charge in [-0.3, -0.25) is 9.20 Å². The average molecular weight is 461 g/mol. The molecule has 0 radical (unpaired) electrons. The van der Waals surface area contributed by atoms with Crippen LogP contribution in [0, 0.1) is 0 Å². The number of hydrogen-bond acceptors (Lipinski definition) is 7. The van der Waals surface area contributed by atoms with Gasteiger partial charge in [-0.15, -0.1) is 10.2 Å². The molecule has 0 fully saturated rings. The summed E-state index contributed by atoms with van der Waals surface area (Å²) in [6, 6.07) is 15.5. The quantitative estimate of drug-likeness (QED) is 0.331. The van der Waals surface area contributed by atoms with Crippen molar-refractivity contribution in [3.8, 4) is 5.69 Å². The summed E-state index contributed by atoms with van der Waals surface area (Å²) in [6.07, 6.45) is 0. The lowest BCUT2D eigenvalue weighted by Crippen LogP contribution is -2.23. The number of thioether (sulfide) groups is 1. The first-order valence-corrected chi connectivity index (χ1v) is 11.9. The topological polar surface area (TPSA) is 91.1 Å². The molecule has 3 heterocycles. The van der Waals surface area contributed by atoms with E-state index in [-0.39, 0.29) is 17.4 Å². The van der Waals surface area contributed by atoms with E-state index in [0.29, 0.717) is 33.8 Å². The number of rotatable bonds is 6. The molecule has 0 aliphatic carbocycles.